The number of aromatic nitrogens is 2. The fourth-order valence-corrected chi connectivity index (χ4v) is 3.33. The van der Waals surface area contributed by atoms with E-state index in [1.54, 1.807) is 12.4 Å². The van der Waals surface area contributed by atoms with Gasteiger partial charge in [0, 0.05) is 30.0 Å². The number of halogens is 2. The number of hydrogen-bond acceptors (Lipinski definition) is 4. The van der Waals surface area contributed by atoms with Gasteiger partial charge in [0.2, 0.25) is 5.91 Å². The van der Waals surface area contributed by atoms with E-state index in [0.717, 1.165) is 29.7 Å². The third-order valence-electron chi connectivity index (χ3n) is 3.83. The average molecular weight is 440 g/mol. The largest absolute Gasteiger partial charge is 0.356 e. The quantitative estimate of drug-likeness (QED) is 0.737. The molecule has 1 atom stereocenters. The van der Waals surface area contributed by atoms with Gasteiger partial charge in [-0.2, -0.15) is 0 Å². The maximum atomic E-state index is 12.6. The third-order valence-corrected chi connectivity index (χ3v) is 4.89. The Hall–Kier alpha value is -1.47. The summed E-state index contributed by atoms with van der Waals surface area (Å²) in [6.45, 7) is 1.62. The fraction of sp³-hybridized carbons (Fsp3) is 0.312. The van der Waals surface area contributed by atoms with Crippen LogP contribution in [0.15, 0.2) is 45.7 Å². The molecule has 120 valence electrons. The molecule has 1 saturated heterocycles. The SMILES string of the molecule is O=C(Nc1cc(Br)cnc1Br)C1CCCN(c2ccccn2)C1. The van der Waals surface area contributed by atoms with E-state index in [-0.39, 0.29) is 11.8 Å². The molecule has 2 aromatic rings. The monoisotopic (exact) mass is 438 g/mol. The van der Waals surface area contributed by atoms with Crippen LogP contribution in [0.25, 0.3) is 0 Å². The number of anilines is 2. The van der Waals surface area contributed by atoms with Crippen LogP contribution in [0.3, 0.4) is 0 Å². The van der Waals surface area contributed by atoms with Crippen LogP contribution in [0.4, 0.5) is 11.5 Å². The first-order valence-electron chi connectivity index (χ1n) is 7.41. The van der Waals surface area contributed by atoms with E-state index in [0.29, 0.717) is 16.8 Å². The number of nitrogens with one attached hydrogen (secondary N) is 1. The van der Waals surface area contributed by atoms with Crippen molar-refractivity contribution >= 4 is 49.3 Å². The van der Waals surface area contributed by atoms with Gasteiger partial charge in [0.15, 0.2) is 0 Å². The first-order valence-corrected chi connectivity index (χ1v) is 9.00. The van der Waals surface area contributed by atoms with Crippen molar-refractivity contribution in [3.63, 3.8) is 0 Å². The second kappa shape index (κ2) is 7.40. The van der Waals surface area contributed by atoms with Crippen LogP contribution in [0.5, 0.6) is 0 Å². The molecule has 1 fully saturated rings. The van der Waals surface area contributed by atoms with Gasteiger partial charge >= 0.3 is 0 Å². The number of hydrogen-bond donors (Lipinski definition) is 1. The van der Waals surface area contributed by atoms with Crippen LogP contribution >= 0.6 is 31.9 Å². The van der Waals surface area contributed by atoms with Gasteiger partial charge in [-0.25, -0.2) is 9.97 Å². The van der Waals surface area contributed by atoms with Gasteiger partial charge in [-0.1, -0.05) is 6.07 Å². The highest BCUT2D eigenvalue weighted by atomic mass is 79.9. The van der Waals surface area contributed by atoms with E-state index in [4.69, 9.17) is 0 Å². The summed E-state index contributed by atoms with van der Waals surface area (Å²) in [5.74, 6) is 0.887. The summed E-state index contributed by atoms with van der Waals surface area (Å²) < 4.78 is 1.46. The molecule has 5 nitrogen and oxygen atoms in total. The molecule has 3 heterocycles. The van der Waals surface area contributed by atoms with Crippen LogP contribution in [0, 0.1) is 5.92 Å². The summed E-state index contributed by atoms with van der Waals surface area (Å²) in [6, 6.07) is 7.69. The molecule has 1 amide bonds. The molecule has 23 heavy (non-hydrogen) atoms. The molecular formula is C16H16Br2N4O. The molecule has 1 aliphatic rings. The molecule has 0 aromatic carbocycles. The molecule has 0 bridgehead atoms. The normalized spacial score (nSPS) is 17.8. The van der Waals surface area contributed by atoms with Crippen molar-refractivity contribution in [3.05, 3.63) is 45.7 Å². The third kappa shape index (κ3) is 4.09. The van der Waals surface area contributed by atoms with Crippen LogP contribution in [0.1, 0.15) is 12.8 Å². The lowest BCUT2D eigenvalue weighted by atomic mass is 9.97. The van der Waals surface area contributed by atoms with Gasteiger partial charge in [0.05, 0.1) is 11.6 Å². The second-order valence-electron chi connectivity index (χ2n) is 5.45. The molecule has 0 radical (unpaired) electrons. The minimum absolute atomic E-state index is 0.0197. The summed E-state index contributed by atoms with van der Waals surface area (Å²) in [7, 11) is 0. The lowest BCUT2D eigenvalue weighted by Gasteiger charge is -2.32. The van der Waals surface area contributed by atoms with Crippen LogP contribution in [-0.2, 0) is 4.79 Å². The predicted molar refractivity (Wildman–Crippen MR) is 97.4 cm³/mol. The molecule has 3 rings (SSSR count). The molecular weight excluding hydrogens is 424 g/mol. The summed E-state index contributed by atoms with van der Waals surface area (Å²) in [6.07, 6.45) is 5.33. The smallest absolute Gasteiger partial charge is 0.229 e. The van der Waals surface area contributed by atoms with Crippen molar-refractivity contribution in [1.82, 2.24) is 9.97 Å². The summed E-state index contributed by atoms with van der Waals surface area (Å²) >= 11 is 6.74. The molecule has 0 aliphatic carbocycles. The van der Waals surface area contributed by atoms with Gasteiger partial charge in [-0.15, -0.1) is 0 Å². The second-order valence-corrected chi connectivity index (χ2v) is 7.12. The Kier molecular flexibility index (Phi) is 5.27. The molecule has 7 heteroatoms. The van der Waals surface area contributed by atoms with E-state index in [1.165, 1.54) is 0 Å². The summed E-state index contributed by atoms with van der Waals surface area (Å²) in [4.78, 5) is 23.3. The number of nitrogens with zero attached hydrogens (tertiary/aromatic N) is 3. The number of carbonyl (C=O) groups is 1. The van der Waals surface area contributed by atoms with Crippen molar-refractivity contribution in [2.75, 3.05) is 23.3 Å². The van der Waals surface area contributed by atoms with Crippen molar-refractivity contribution in [3.8, 4) is 0 Å². The van der Waals surface area contributed by atoms with Gasteiger partial charge in [-0.3, -0.25) is 4.79 Å². The topological polar surface area (TPSA) is 58.1 Å². The number of amides is 1. The molecule has 1 N–H and O–H groups in total. The highest BCUT2D eigenvalue weighted by Crippen LogP contribution is 2.26. The summed E-state index contributed by atoms with van der Waals surface area (Å²) in [5.41, 5.74) is 0.680. The Bertz CT molecular complexity index is 696. The standard InChI is InChI=1S/C16H16Br2N4O/c17-12-8-13(15(18)20-9-12)21-16(23)11-4-3-7-22(10-11)14-5-1-2-6-19-14/h1-2,5-6,8-9,11H,3-4,7,10H2,(H,21,23). The zero-order valence-corrected chi connectivity index (χ0v) is 15.5. The Morgan fingerprint density at radius 1 is 1.30 bits per heavy atom. The van der Waals surface area contributed by atoms with Crippen molar-refractivity contribution in [1.29, 1.82) is 0 Å². The Morgan fingerprint density at radius 3 is 2.96 bits per heavy atom. The summed E-state index contributed by atoms with van der Waals surface area (Å²) in [5, 5.41) is 2.97. The molecule has 1 unspecified atom stereocenters. The molecule has 2 aromatic heterocycles. The van der Waals surface area contributed by atoms with Crippen LogP contribution in [-0.4, -0.2) is 29.0 Å². The first kappa shape index (κ1) is 16.4. The number of piperidine rings is 1. The van der Waals surface area contributed by atoms with Gasteiger partial charge in [0.1, 0.15) is 10.4 Å². The number of carbonyl (C=O) groups excluding carboxylic acids is 1. The minimum atomic E-state index is -0.0587. The number of pyridine rings is 2. The van der Waals surface area contributed by atoms with Crippen molar-refractivity contribution < 1.29 is 4.79 Å². The number of rotatable bonds is 3. The highest BCUT2D eigenvalue weighted by Gasteiger charge is 2.27. The van der Waals surface area contributed by atoms with Crippen LogP contribution in [0.2, 0.25) is 0 Å². The molecule has 0 spiro atoms. The Balaban J connectivity index is 1.69. The maximum absolute atomic E-state index is 12.6. The van der Waals surface area contributed by atoms with E-state index < -0.39 is 0 Å². The van der Waals surface area contributed by atoms with E-state index in [1.807, 2.05) is 24.3 Å². The lowest BCUT2D eigenvalue weighted by molar-refractivity contribution is -0.120. The van der Waals surface area contributed by atoms with Gasteiger partial charge < -0.3 is 10.2 Å². The van der Waals surface area contributed by atoms with Gasteiger partial charge in [0.25, 0.3) is 0 Å². The lowest BCUT2D eigenvalue weighted by Crippen LogP contribution is -2.41. The van der Waals surface area contributed by atoms with E-state index in [2.05, 4.69) is 52.0 Å². The maximum Gasteiger partial charge on any atom is 0.229 e. The zero-order chi connectivity index (χ0) is 16.2. The van der Waals surface area contributed by atoms with E-state index >= 15 is 0 Å². The highest BCUT2D eigenvalue weighted by molar-refractivity contribution is 9.11. The average Bonchev–Trinajstić information content (AvgIpc) is 2.59. The predicted octanol–water partition coefficient (Wildman–Crippen LogP) is 3.86. The van der Waals surface area contributed by atoms with E-state index in [9.17, 15) is 4.79 Å². The Labute approximate surface area is 151 Å². The minimum Gasteiger partial charge on any atom is -0.356 e. The molecule has 0 saturated carbocycles. The Morgan fingerprint density at radius 2 is 2.17 bits per heavy atom. The molecule has 1 aliphatic heterocycles. The van der Waals surface area contributed by atoms with Crippen molar-refractivity contribution in [2.24, 2.45) is 5.92 Å². The van der Waals surface area contributed by atoms with Crippen molar-refractivity contribution in [2.45, 2.75) is 12.8 Å². The van der Waals surface area contributed by atoms with Gasteiger partial charge in [-0.05, 0) is 62.9 Å². The fourth-order valence-electron chi connectivity index (χ4n) is 2.69. The van der Waals surface area contributed by atoms with Crippen LogP contribution < -0.4 is 10.2 Å². The first-order chi connectivity index (χ1) is 11.1. The zero-order valence-electron chi connectivity index (χ0n) is 12.4.